The lowest BCUT2D eigenvalue weighted by Gasteiger charge is -1.87. The van der Waals surface area contributed by atoms with E-state index in [0.29, 0.717) is 12.5 Å². The van der Waals surface area contributed by atoms with Crippen molar-refractivity contribution in [1.82, 2.24) is 0 Å². The topological polar surface area (TPSA) is 9.23 Å². The largest absolute Gasteiger partial charge is 0.384 e. The van der Waals surface area contributed by atoms with Crippen molar-refractivity contribution in [2.24, 2.45) is 0 Å². The fraction of sp³-hybridized carbons (Fsp3) is 0.750. The maximum Gasteiger partial charge on any atom is 0.0505 e. The van der Waals surface area contributed by atoms with Crippen molar-refractivity contribution < 1.29 is 4.74 Å². The molecule has 2 heteroatoms. The van der Waals surface area contributed by atoms with E-state index in [-0.39, 0.29) is 0 Å². The minimum Gasteiger partial charge on any atom is -0.384 e. The van der Waals surface area contributed by atoms with Crippen molar-refractivity contribution in [3.8, 4) is 0 Å². The zero-order valence-corrected chi connectivity index (χ0v) is 4.53. The van der Waals surface area contributed by atoms with Crippen molar-refractivity contribution in [2.75, 3.05) is 19.6 Å². The molecule has 0 heterocycles. The Hall–Kier alpha value is 0.250. The van der Waals surface area contributed by atoms with Gasteiger partial charge in [0, 0.05) is 19.4 Å². The summed E-state index contributed by atoms with van der Waals surface area (Å²) in [5.41, 5.74) is 0. The number of halogens is 1. The van der Waals surface area contributed by atoms with Crippen LogP contribution in [-0.4, -0.2) is 19.6 Å². The molecule has 0 aliphatic rings. The maximum atomic E-state index is 5.24. The molecule has 0 aliphatic heterocycles. The second-order valence-corrected chi connectivity index (χ2v) is 1.21. The van der Waals surface area contributed by atoms with Crippen LogP contribution in [0.5, 0.6) is 0 Å². The molecule has 0 fully saturated rings. The molecule has 0 bridgehead atoms. The van der Waals surface area contributed by atoms with Crippen LogP contribution in [0.4, 0.5) is 0 Å². The van der Waals surface area contributed by atoms with E-state index in [9.17, 15) is 0 Å². The summed E-state index contributed by atoms with van der Waals surface area (Å²) in [6.07, 6.45) is 1.85. The molecule has 1 nitrogen and oxygen atoms in total. The van der Waals surface area contributed by atoms with Gasteiger partial charge in [0.1, 0.15) is 0 Å². The van der Waals surface area contributed by atoms with Crippen molar-refractivity contribution in [3.63, 3.8) is 0 Å². The van der Waals surface area contributed by atoms with Gasteiger partial charge < -0.3 is 4.74 Å². The van der Waals surface area contributed by atoms with Gasteiger partial charge in [0.2, 0.25) is 0 Å². The third-order valence-electron chi connectivity index (χ3n) is 0.394. The van der Waals surface area contributed by atoms with Gasteiger partial charge in [-0.15, -0.1) is 11.6 Å². The van der Waals surface area contributed by atoms with Crippen molar-refractivity contribution in [3.05, 3.63) is 6.42 Å². The number of hydrogen-bond donors (Lipinski definition) is 0. The first-order valence-corrected chi connectivity index (χ1v) is 2.32. The third-order valence-corrected chi connectivity index (χ3v) is 0.612. The van der Waals surface area contributed by atoms with Gasteiger partial charge in [0.05, 0.1) is 6.61 Å². The second kappa shape index (κ2) is 5.25. The Balaban J connectivity index is 2.34. The minimum absolute atomic E-state index is 0.577. The lowest BCUT2D eigenvalue weighted by Crippen LogP contribution is -1.88. The molecule has 37 valence electrons. The Morgan fingerprint density at radius 2 is 2.50 bits per heavy atom. The monoisotopic (exact) mass is 107 g/mol. The van der Waals surface area contributed by atoms with Gasteiger partial charge in [-0.25, -0.2) is 0 Å². The van der Waals surface area contributed by atoms with E-state index in [1.54, 1.807) is 7.11 Å². The quantitative estimate of drug-likeness (QED) is 0.387. The molecule has 0 unspecified atom stereocenters. The van der Waals surface area contributed by atoms with E-state index in [4.69, 9.17) is 11.6 Å². The van der Waals surface area contributed by atoms with Crippen LogP contribution < -0.4 is 0 Å². The minimum atomic E-state index is 0.577. The molecule has 0 N–H and O–H groups in total. The van der Waals surface area contributed by atoms with Gasteiger partial charge in [-0.2, -0.15) is 0 Å². The van der Waals surface area contributed by atoms with Gasteiger partial charge in [-0.3, -0.25) is 0 Å². The fourth-order valence-corrected chi connectivity index (χ4v) is 0.251. The Morgan fingerprint density at radius 1 is 1.83 bits per heavy atom. The molecule has 0 spiro atoms. The van der Waals surface area contributed by atoms with E-state index in [2.05, 4.69) is 4.74 Å². The summed E-state index contributed by atoms with van der Waals surface area (Å²) in [7, 11) is 1.64. The number of rotatable bonds is 3. The van der Waals surface area contributed by atoms with E-state index in [1.807, 2.05) is 6.42 Å². The smallest absolute Gasteiger partial charge is 0.0505 e. The lowest BCUT2D eigenvalue weighted by molar-refractivity contribution is 0.224. The van der Waals surface area contributed by atoms with Crippen LogP contribution >= 0.6 is 11.6 Å². The second-order valence-electron chi connectivity index (χ2n) is 0.898. The average molecular weight is 108 g/mol. The molecule has 0 atom stereocenters. The summed E-state index contributed by atoms with van der Waals surface area (Å²) >= 11 is 5.24. The van der Waals surface area contributed by atoms with E-state index in [0.717, 1.165) is 0 Å². The Labute approximate surface area is 43.3 Å². The first kappa shape index (κ1) is 6.25. The molecule has 0 saturated heterocycles. The molecule has 0 saturated carbocycles. The van der Waals surface area contributed by atoms with E-state index < -0.39 is 0 Å². The summed E-state index contributed by atoms with van der Waals surface area (Å²) in [6.45, 7) is 0.656. The number of methoxy groups -OCH3 is 1. The van der Waals surface area contributed by atoms with Crippen LogP contribution in [0.15, 0.2) is 0 Å². The van der Waals surface area contributed by atoms with Crippen LogP contribution in [0.2, 0.25) is 0 Å². The summed E-state index contributed by atoms with van der Waals surface area (Å²) in [5.74, 6) is 0.577. The predicted octanol–water partition coefficient (Wildman–Crippen LogP) is 1.08. The van der Waals surface area contributed by atoms with Crippen LogP contribution in [-0.2, 0) is 4.74 Å². The molecular weight excluding hydrogens is 99.5 g/mol. The highest BCUT2D eigenvalue weighted by Crippen LogP contribution is 1.80. The highest BCUT2D eigenvalue weighted by atomic mass is 35.5. The molecular formula is C4H8ClO. The maximum absolute atomic E-state index is 5.24. The first-order valence-electron chi connectivity index (χ1n) is 1.78. The van der Waals surface area contributed by atoms with Crippen molar-refractivity contribution in [2.45, 2.75) is 0 Å². The molecule has 1 radical (unpaired) electrons. The lowest BCUT2D eigenvalue weighted by atomic mass is 10.5. The van der Waals surface area contributed by atoms with Crippen molar-refractivity contribution >= 4 is 11.6 Å². The number of ether oxygens (including phenoxy) is 1. The molecule has 0 aromatic carbocycles. The summed E-state index contributed by atoms with van der Waals surface area (Å²) in [5, 5.41) is 0. The average Bonchev–Trinajstić information content (AvgIpc) is 1.61. The van der Waals surface area contributed by atoms with E-state index >= 15 is 0 Å². The molecule has 6 heavy (non-hydrogen) atoms. The number of hydrogen-bond acceptors (Lipinski definition) is 1. The van der Waals surface area contributed by atoms with Gasteiger partial charge in [-0.1, -0.05) is 0 Å². The van der Waals surface area contributed by atoms with Crippen LogP contribution in [0.3, 0.4) is 0 Å². The Morgan fingerprint density at radius 3 is 2.67 bits per heavy atom. The summed E-state index contributed by atoms with van der Waals surface area (Å²) in [6, 6.07) is 0. The van der Waals surface area contributed by atoms with Gasteiger partial charge in [0.15, 0.2) is 0 Å². The third kappa shape index (κ3) is 4.25. The summed E-state index contributed by atoms with van der Waals surface area (Å²) < 4.78 is 4.64. The summed E-state index contributed by atoms with van der Waals surface area (Å²) in [4.78, 5) is 0. The number of alkyl halides is 1. The normalized spacial score (nSPS) is 9.00. The molecule has 0 rings (SSSR count). The highest BCUT2D eigenvalue weighted by Gasteiger charge is 1.77. The Bertz CT molecular complexity index is 19.5. The van der Waals surface area contributed by atoms with Crippen LogP contribution in [0.25, 0.3) is 0 Å². The first-order chi connectivity index (χ1) is 2.91. The highest BCUT2D eigenvalue weighted by molar-refractivity contribution is 6.18. The van der Waals surface area contributed by atoms with Gasteiger partial charge in [-0.05, 0) is 0 Å². The SMILES string of the molecule is COC[CH]CCl. The van der Waals surface area contributed by atoms with E-state index in [1.165, 1.54) is 0 Å². The fourth-order valence-electron chi connectivity index (χ4n) is 0.162. The standard InChI is InChI=1S/C4H8ClO/c1-6-4-2-3-5/h2H,3-4H2,1H3. The van der Waals surface area contributed by atoms with Crippen molar-refractivity contribution in [1.29, 1.82) is 0 Å². The molecule has 0 amide bonds. The van der Waals surface area contributed by atoms with Gasteiger partial charge in [0.25, 0.3) is 0 Å². The zero-order chi connectivity index (χ0) is 4.83. The Kier molecular flexibility index (Phi) is 5.47. The predicted molar refractivity (Wildman–Crippen MR) is 26.9 cm³/mol. The molecule has 0 aromatic heterocycles. The van der Waals surface area contributed by atoms with Crippen LogP contribution in [0, 0.1) is 6.42 Å². The van der Waals surface area contributed by atoms with Gasteiger partial charge >= 0.3 is 0 Å². The zero-order valence-electron chi connectivity index (χ0n) is 3.78. The molecule has 0 aliphatic carbocycles. The molecule has 0 aromatic rings. The van der Waals surface area contributed by atoms with Crippen LogP contribution in [0.1, 0.15) is 0 Å².